The van der Waals surface area contributed by atoms with E-state index in [0.29, 0.717) is 36.0 Å². The van der Waals surface area contributed by atoms with Gasteiger partial charge in [-0.1, -0.05) is 20.8 Å². The number of hydrogen-bond donors (Lipinski definition) is 3. The van der Waals surface area contributed by atoms with E-state index in [0.717, 1.165) is 0 Å². The summed E-state index contributed by atoms with van der Waals surface area (Å²) in [6.07, 6.45) is -0.239. The van der Waals surface area contributed by atoms with Crippen LogP contribution in [0.4, 0.5) is 5.69 Å². The van der Waals surface area contributed by atoms with E-state index in [4.69, 9.17) is 10.5 Å². The Morgan fingerprint density at radius 3 is 2.75 bits per heavy atom. The van der Waals surface area contributed by atoms with Crippen LogP contribution in [-0.4, -0.2) is 36.2 Å². The molecular formula is C15H24N2O3. The van der Waals surface area contributed by atoms with E-state index in [-0.39, 0.29) is 12.4 Å². The van der Waals surface area contributed by atoms with Gasteiger partial charge in [-0.25, -0.2) is 0 Å². The first-order chi connectivity index (χ1) is 9.43. The van der Waals surface area contributed by atoms with Crippen molar-refractivity contribution in [1.29, 1.82) is 0 Å². The van der Waals surface area contributed by atoms with Crippen molar-refractivity contribution in [2.24, 2.45) is 0 Å². The first-order valence-electron chi connectivity index (χ1n) is 6.91. The highest BCUT2D eigenvalue weighted by Crippen LogP contribution is 2.23. The molecule has 0 bridgehead atoms. The minimum atomic E-state index is -0.625. The number of carbonyl (C=O) groups is 1. The van der Waals surface area contributed by atoms with Crippen LogP contribution in [0, 0.1) is 0 Å². The van der Waals surface area contributed by atoms with E-state index in [2.05, 4.69) is 5.32 Å². The molecule has 0 aliphatic heterocycles. The lowest BCUT2D eigenvalue weighted by Gasteiger charge is -2.16. The first-order valence-corrected chi connectivity index (χ1v) is 6.91. The van der Waals surface area contributed by atoms with Crippen LogP contribution in [0.25, 0.3) is 0 Å². The second-order valence-electron chi connectivity index (χ2n) is 5.06. The Balaban J connectivity index is 2.65. The second-order valence-corrected chi connectivity index (χ2v) is 5.06. The average Bonchev–Trinajstić information content (AvgIpc) is 2.42. The summed E-state index contributed by atoms with van der Waals surface area (Å²) < 4.78 is 5.54. The number of hydrogen-bond acceptors (Lipinski definition) is 5. The molecule has 0 amide bonds. The van der Waals surface area contributed by atoms with Gasteiger partial charge in [0.1, 0.15) is 18.5 Å². The highest BCUT2D eigenvalue weighted by Gasteiger charge is 2.13. The Kier molecular flexibility index (Phi) is 6.48. The van der Waals surface area contributed by atoms with Gasteiger partial charge in [0.15, 0.2) is 5.78 Å². The summed E-state index contributed by atoms with van der Waals surface area (Å²) in [7, 11) is 0. The summed E-state index contributed by atoms with van der Waals surface area (Å²) in [6.45, 7) is 6.38. The van der Waals surface area contributed by atoms with Gasteiger partial charge in [0.2, 0.25) is 0 Å². The van der Waals surface area contributed by atoms with E-state index in [1.165, 1.54) is 0 Å². The Morgan fingerprint density at radius 2 is 2.15 bits per heavy atom. The molecule has 0 saturated heterocycles. The fraction of sp³-hybridized carbons (Fsp3) is 0.533. The summed E-state index contributed by atoms with van der Waals surface area (Å²) in [5.74, 6) is 0.441. The van der Waals surface area contributed by atoms with Gasteiger partial charge in [-0.2, -0.15) is 0 Å². The van der Waals surface area contributed by atoms with Crippen molar-refractivity contribution in [3.63, 3.8) is 0 Å². The predicted octanol–water partition coefficient (Wildman–Crippen LogP) is 1.60. The second kappa shape index (κ2) is 7.87. The topological polar surface area (TPSA) is 84.6 Å². The molecule has 112 valence electrons. The lowest BCUT2D eigenvalue weighted by molar-refractivity contribution is 0.0950. The summed E-state index contributed by atoms with van der Waals surface area (Å²) in [6, 6.07) is 5.26. The molecule has 0 radical (unpaired) electrons. The van der Waals surface area contributed by atoms with Gasteiger partial charge in [0.05, 0.1) is 5.56 Å². The summed E-state index contributed by atoms with van der Waals surface area (Å²) in [5, 5.41) is 12.9. The van der Waals surface area contributed by atoms with Crippen molar-refractivity contribution in [2.75, 3.05) is 18.9 Å². The molecule has 0 aliphatic carbocycles. The van der Waals surface area contributed by atoms with E-state index in [1.807, 2.05) is 13.8 Å². The van der Waals surface area contributed by atoms with Crippen LogP contribution >= 0.6 is 0 Å². The highest BCUT2D eigenvalue weighted by molar-refractivity contribution is 5.99. The van der Waals surface area contributed by atoms with Crippen LogP contribution in [0.15, 0.2) is 18.2 Å². The van der Waals surface area contributed by atoms with Gasteiger partial charge in [0.25, 0.3) is 0 Å². The number of ether oxygens (including phenoxy) is 1. The number of nitrogen functional groups attached to an aromatic ring is 1. The molecule has 1 aromatic carbocycles. The van der Waals surface area contributed by atoms with Crippen molar-refractivity contribution in [1.82, 2.24) is 5.32 Å². The molecule has 5 nitrogen and oxygen atoms in total. The zero-order valence-electron chi connectivity index (χ0n) is 12.3. The molecule has 0 fully saturated rings. The molecule has 0 aliphatic rings. The first kappa shape index (κ1) is 16.5. The minimum Gasteiger partial charge on any atom is -0.490 e. The summed E-state index contributed by atoms with van der Waals surface area (Å²) >= 11 is 0. The van der Waals surface area contributed by atoms with Crippen LogP contribution in [-0.2, 0) is 0 Å². The number of rotatable bonds is 8. The molecule has 1 unspecified atom stereocenters. The van der Waals surface area contributed by atoms with Gasteiger partial charge >= 0.3 is 0 Å². The molecule has 4 N–H and O–H groups in total. The number of benzene rings is 1. The SMILES string of the molecule is CCC(=O)c1cc(N)ccc1OCC(O)CNC(C)C. The zero-order valence-corrected chi connectivity index (χ0v) is 12.3. The van der Waals surface area contributed by atoms with Crippen molar-refractivity contribution >= 4 is 11.5 Å². The van der Waals surface area contributed by atoms with Gasteiger partial charge in [-0.3, -0.25) is 4.79 Å². The number of nitrogens with one attached hydrogen (secondary N) is 1. The predicted molar refractivity (Wildman–Crippen MR) is 80.1 cm³/mol. The maximum atomic E-state index is 11.8. The van der Waals surface area contributed by atoms with Crippen LogP contribution in [0.3, 0.4) is 0 Å². The maximum absolute atomic E-state index is 11.8. The van der Waals surface area contributed by atoms with Gasteiger partial charge in [-0.15, -0.1) is 0 Å². The Labute approximate surface area is 120 Å². The normalized spacial score (nSPS) is 12.4. The Morgan fingerprint density at radius 1 is 1.45 bits per heavy atom. The molecule has 1 atom stereocenters. The standard InChI is InChI=1S/C15H24N2O3/c1-4-14(19)13-7-11(16)5-6-15(13)20-9-12(18)8-17-10(2)3/h5-7,10,12,17-18H,4,8-9,16H2,1-3H3. The van der Waals surface area contributed by atoms with Gasteiger partial charge in [-0.05, 0) is 18.2 Å². The highest BCUT2D eigenvalue weighted by atomic mass is 16.5. The van der Waals surface area contributed by atoms with Gasteiger partial charge < -0.3 is 20.9 Å². The number of carbonyl (C=O) groups excluding carboxylic acids is 1. The number of anilines is 1. The average molecular weight is 280 g/mol. The molecule has 0 aromatic heterocycles. The van der Waals surface area contributed by atoms with E-state index in [9.17, 15) is 9.90 Å². The van der Waals surface area contributed by atoms with Crippen molar-refractivity contribution in [3.05, 3.63) is 23.8 Å². The minimum absolute atomic E-state index is 0.0258. The molecule has 1 rings (SSSR count). The van der Waals surface area contributed by atoms with Crippen molar-refractivity contribution in [3.8, 4) is 5.75 Å². The third kappa shape index (κ3) is 5.19. The summed E-state index contributed by atoms with van der Waals surface area (Å²) in [5.41, 5.74) is 6.68. The van der Waals surface area contributed by atoms with Crippen molar-refractivity contribution < 1.29 is 14.6 Å². The Bertz CT molecular complexity index is 447. The fourth-order valence-corrected chi connectivity index (χ4v) is 1.70. The zero-order chi connectivity index (χ0) is 15.1. The molecule has 0 saturated carbocycles. The smallest absolute Gasteiger partial charge is 0.166 e. The van der Waals surface area contributed by atoms with Crippen LogP contribution in [0.5, 0.6) is 5.75 Å². The molecule has 20 heavy (non-hydrogen) atoms. The number of nitrogens with two attached hydrogens (primary N) is 1. The van der Waals surface area contributed by atoms with E-state index < -0.39 is 6.10 Å². The largest absolute Gasteiger partial charge is 0.490 e. The molecule has 1 aromatic rings. The Hall–Kier alpha value is -1.59. The fourth-order valence-electron chi connectivity index (χ4n) is 1.70. The van der Waals surface area contributed by atoms with Crippen LogP contribution in [0.1, 0.15) is 37.6 Å². The third-order valence-corrected chi connectivity index (χ3v) is 2.82. The monoisotopic (exact) mass is 280 g/mol. The lowest BCUT2D eigenvalue weighted by atomic mass is 10.1. The van der Waals surface area contributed by atoms with Crippen LogP contribution in [0.2, 0.25) is 0 Å². The van der Waals surface area contributed by atoms with Crippen molar-refractivity contribution in [2.45, 2.75) is 39.3 Å². The number of ketones is 1. The number of aliphatic hydroxyl groups excluding tert-OH is 1. The lowest BCUT2D eigenvalue weighted by Crippen LogP contribution is -2.35. The summed E-state index contributed by atoms with van der Waals surface area (Å²) in [4.78, 5) is 11.8. The third-order valence-electron chi connectivity index (χ3n) is 2.82. The molecular weight excluding hydrogens is 256 g/mol. The van der Waals surface area contributed by atoms with E-state index >= 15 is 0 Å². The van der Waals surface area contributed by atoms with Gasteiger partial charge in [0, 0.05) is 24.7 Å². The van der Waals surface area contributed by atoms with E-state index in [1.54, 1.807) is 25.1 Å². The van der Waals surface area contributed by atoms with Crippen LogP contribution < -0.4 is 15.8 Å². The maximum Gasteiger partial charge on any atom is 0.166 e. The number of aliphatic hydroxyl groups is 1. The quantitative estimate of drug-likeness (QED) is 0.497. The molecule has 0 heterocycles. The molecule has 0 spiro atoms. The molecule has 5 heteroatoms. The number of Topliss-reactive ketones (excluding diaryl/α,β-unsaturated/α-hetero) is 1.